The highest BCUT2D eigenvalue weighted by Crippen LogP contribution is 2.11. The Hall–Kier alpha value is -2.37. The van der Waals surface area contributed by atoms with Gasteiger partial charge in [-0.05, 0) is 31.9 Å². The van der Waals surface area contributed by atoms with Crippen molar-refractivity contribution in [2.75, 3.05) is 5.32 Å². The average molecular weight is 278 g/mol. The summed E-state index contributed by atoms with van der Waals surface area (Å²) in [6.07, 6.45) is 2.95. The van der Waals surface area contributed by atoms with E-state index in [4.69, 9.17) is 9.84 Å². The van der Waals surface area contributed by atoms with Crippen molar-refractivity contribution >= 4 is 17.8 Å². The number of carboxylic acids is 1. The van der Waals surface area contributed by atoms with Crippen LogP contribution in [-0.2, 0) is 14.3 Å². The third-order valence-corrected chi connectivity index (χ3v) is 2.70. The fraction of sp³-hybridized carbons (Fsp3) is 0.357. The molecule has 0 aliphatic heterocycles. The van der Waals surface area contributed by atoms with Crippen LogP contribution in [0.1, 0.15) is 25.8 Å². The molecule has 0 spiro atoms. The van der Waals surface area contributed by atoms with Crippen molar-refractivity contribution in [3.63, 3.8) is 0 Å². The Morgan fingerprint density at radius 3 is 2.80 bits per heavy atom. The topological polar surface area (TPSA) is 88.5 Å². The summed E-state index contributed by atoms with van der Waals surface area (Å²) in [5.74, 6) is -1.73. The second kappa shape index (κ2) is 7.28. The average Bonchev–Trinajstić information content (AvgIpc) is 2.40. The van der Waals surface area contributed by atoms with Crippen molar-refractivity contribution in [1.82, 2.24) is 4.98 Å². The lowest BCUT2D eigenvalue weighted by Gasteiger charge is -2.11. The number of carboxylic acid groups (broad SMARTS) is 1. The molecule has 6 heteroatoms. The number of aromatic nitrogens is 1. The normalized spacial score (nSPS) is 12.7. The van der Waals surface area contributed by atoms with E-state index < -0.39 is 17.5 Å². The summed E-state index contributed by atoms with van der Waals surface area (Å²) in [4.78, 5) is 26.9. The molecule has 0 aliphatic rings. The van der Waals surface area contributed by atoms with Crippen LogP contribution in [0.25, 0.3) is 0 Å². The lowest BCUT2D eigenvalue weighted by Crippen LogP contribution is -2.21. The summed E-state index contributed by atoms with van der Waals surface area (Å²) < 4.78 is 4.99. The molecule has 20 heavy (non-hydrogen) atoms. The number of ether oxygens (including phenoxy) is 1. The third kappa shape index (κ3) is 4.38. The van der Waals surface area contributed by atoms with Crippen molar-refractivity contribution < 1.29 is 19.4 Å². The minimum atomic E-state index is -1.35. The van der Waals surface area contributed by atoms with Crippen LogP contribution in [0, 0.1) is 6.92 Å². The number of anilines is 1. The predicted octanol–water partition coefficient (Wildman–Crippen LogP) is 2.11. The molecule has 2 N–H and O–H groups in total. The maximum Gasteiger partial charge on any atom is 0.347 e. The largest absolute Gasteiger partial charge is 0.477 e. The van der Waals surface area contributed by atoms with E-state index in [-0.39, 0.29) is 6.10 Å². The number of nitrogens with one attached hydrogen (secondary N) is 1. The van der Waals surface area contributed by atoms with Gasteiger partial charge in [0.2, 0.25) is 0 Å². The quantitative estimate of drug-likeness (QED) is 0.358. The van der Waals surface area contributed by atoms with Crippen LogP contribution in [0.5, 0.6) is 0 Å². The van der Waals surface area contributed by atoms with E-state index >= 15 is 0 Å². The van der Waals surface area contributed by atoms with E-state index in [1.165, 1.54) is 0 Å². The number of aryl methyl sites for hydroxylation is 1. The van der Waals surface area contributed by atoms with Crippen LogP contribution in [0.3, 0.4) is 0 Å². The first-order valence-electron chi connectivity index (χ1n) is 6.28. The Morgan fingerprint density at radius 1 is 1.55 bits per heavy atom. The van der Waals surface area contributed by atoms with Gasteiger partial charge in [-0.1, -0.05) is 13.0 Å². The van der Waals surface area contributed by atoms with Crippen LogP contribution in [0.2, 0.25) is 0 Å². The van der Waals surface area contributed by atoms with Crippen LogP contribution in [0.15, 0.2) is 30.1 Å². The summed E-state index contributed by atoms with van der Waals surface area (Å²) in [5, 5.41) is 11.8. The number of nitrogens with zero attached hydrogens (tertiary/aromatic N) is 1. The molecule has 0 amide bonds. The molecule has 1 unspecified atom stereocenters. The third-order valence-electron chi connectivity index (χ3n) is 2.70. The van der Waals surface area contributed by atoms with Crippen molar-refractivity contribution in [3.05, 3.63) is 35.7 Å². The fourth-order valence-electron chi connectivity index (χ4n) is 1.31. The van der Waals surface area contributed by atoms with Gasteiger partial charge in [0.1, 0.15) is 5.82 Å². The number of pyridine rings is 1. The van der Waals surface area contributed by atoms with Gasteiger partial charge in [0.05, 0.1) is 6.10 Å². The number of esters is 1. The minimum absolute atomic E-state index is 0.332. The van der Waals surface area contributed by atoms with Crippen molar-refractivity contribution in [1.29, 1.82) is 0 Å². The number of hydrogen-bond donors (Lipinski definition) is 2. The summed E-state index contributed by atoms with van der Waals surface area (Å²) in [6, 6.07) is 3.58. The molecule has 1 aromatic rings. The molecule has 0 saturated carbocycles. The zero-order chi connectivity index (χ0) is 15.1. The van der Waals surface area contributed by atoms with Crippen molar-refractivity contribution in [2.24, 2.45) is 0 Å². The first kappa shape index (κ1) is 15.7. The molecule has 0 radical (unpaired) electrons. The van der Waals surface area contributed by atoms with E-state index in [0.717, 1.165) is 11.8 Å². The summed E-state index contributed by atoms with van der Waals surface area (Å²) in [7, 11) is 0. The molecule has 0 fully saturated rings. The van der Waals surface area contributed by atoms with Gasteiger partial charge >= 0.3 is 11.9 Å². The molecular formula is C14H18N2O4. The fourth-order valence-corrected chi connectivity index (χ4v) is 1.31. The Morgan fingerprint density at radius 2 is 2.25 bits per heavy atom. The highest BCUT2D eigenvalue weighted by molar-refractivity contribution is 6.13. The van der Waals surface area contributed by atoms with E-state index in [1.54, 1.807) is 19.2 Å². The highest BCUT2D eigenvalue weighted by atomic mass is 16.5. The Kier molecular flexibility index (Phi) is 5.71. The molecule has 1 rings (SSSR count). The van der Waals surface area contributed by atoms with Crippen LogP contribution in [-0.4, -0.2) is 28.1 Å². The molecule has 108 valence electrons. The van der Waals surface area contributed by atoms with Crippen LogP contribution in [0.4, 0.5) is 5.82 Å². The van der Waals surface area contributed by atoms with E-state index in [2.05, 4.69) is 10.3 Å². The van der Waals surface area contributed by atoms with Gasteiger partial charge in [-0.3, -0.25) is 0 Å². The molecule has 0 saturated heterocycles. The van der Waals surface area contributed by atoms with Crippen LogP contribution < -0.4 is 5.32 Å². The molecule has 1 heterocycles. The number of carbonyl (C=O) groups excluding carboxylic acids is 1. The van der Waals surface area contributed by atoms with Gasteiger partial charge in [0, 0.05) is 12.4 Å². The van der Waals surface area contributed by atoms with Crippen molar-refractivity contribution in [3.8, 4) is 0 Å². The molecule has 1 aromatic heterocycles. The molecular weight excluding hydrogens is 260 g/mol. The highest BCUT2D eigenvalue weighted by Gasteiger charge is 2.20. The monoisotopic (exact) mass is 278 g/mol. The zero-order valence-corrected chi connectivity index (χ0v) is 11.7. The van der Waals surface area contributed by atoms with Gasteiger partial charge < -0.3 is 15.2 Å². The zero-order valence-electron chi connectivity index (χ0n) is 11.7. The number of carbonyl (C=O) groups is 2. The van der Waals surface area contributed by atoms with Gasteiger partial charge in [-0.15, -0.1) is 0 Å². The summed E-state index contributed by atoms with van der Waals surface area (Å²) >= 11 is 0. The van der Waals surface area contributed by atoms with Gasteiger partial charge in [-0.2, -0.15) is 0 Å². The second-order valence-corrected chi connectivity index (χ2v) is 4.30. The van der Waals surface area contributed by atoms with Crippen LogP contribution >= 0.6 is 0 Å². The second-order valence-electron chi connectivity index (χ2n) is 4.30. The standard InChI is InChI=1S/C14H18N2O4/c1-4-10(3)20-14(19)11(13(17)18)8-16-12-9(2)6-5-7-15-12/h5-8,10H,4H2,1-3H3,(H,15,16)(H,17,18). The van der Waals surface area contributed by atoms with Gasteiger partial charge in [-0.25, -0.2) is 14.6 Å². The predicted molar refractivity (Wildman–Crippen MR) is 74.2 cm³/mol. The van der Waals surface area contributed by atoms with Crippen molar-refractivity contribution in [2.45, 2.75) is 33.3 Å². The molecule has 0 aliphatic carbocycles. The maximum atomic E-state index is 11.7. The first-order valence-corrected chi connectivity index (χ1v) is 6.28. The van der Waals surface area contributed by atoms with E-state index in [1.807, 2.05) is 19.9 Å². The lowest BCUT2D eigenvalue weighted by molar-refractivity contribution is -0.147. The molecule has 0 aromatic carbocycles. The Balaban J connectivity index is 2.86. The van der Waals surface area contributed by atoms with E-state index in [9.17, 15) is 9.59 Å². The van der Waals surface area contributed by atoms with E-state index in [0.29, 0.717) is 12.2 Å². The van der Waals surface area contributed by atoms with Gasteiger partial charge in [0.25, 0.3) is 0 Å². The summed E-state index contributed by atoms with van der Waals surface area (Å²) in [6.45, 7) is 5.37. The Bertz CT molecular complexity index is 526. The number of aliphatic carboxylic acids is 1. The SMILES string of the molecule is CCC(C)OC(=O)C(=CNc1ncccc1C)C(=O)O. The number of hydrogen-bond acceptors (Lipinski definition) is 5. The first-order chi connectivity index (χ1) is 9.45. The minimum Gasteiger partial charge on any atom is -0.477 e. The number of rotatable bonds is 6. The maximum absolute atomic E-state index is 11.7. The lowest BCUT2D eigenvalue weighted by atomic mass is 10.2. The molecule has 1 atom stereocenters. The Labute approximate surface area is 117 Å². The summed E-state index contributed by atoms with van der Waals surface area (Å²) in [5.41, 5.74) is 0.374. The molecule has 6 nitrogen and oxygen atoms in total. The van der Waals surface area contributed by atoms with Gasteiger partial charge in [0.15, 0.2) is 5.57 Å². The smallest absolute Gasteiger partial charge is 0.347 e. The molecule has 0 bridgehead atoms.